The molecule has 1 amide bonds. The van der Waals surface area contributed by atoms with Crippen LogP contribution in [0.3, 0.4) is 0 Å². The normalized spacial score (nSPS) is 10.5. The lowest BCUT2D eigenvalue weighted by atomic mass is 10.1. The maximum atomic E-state index is 11.3. The lowest BCUT2D eigenvalue weighted by Crippen LogP contribution is -2.28. The zero-order valence-corrected chi connectivity index (χ0v) is 8.24. The van der Waals surface area contributed by atoms with Crippen LogP contribution in [-0.4, -0.2) is 22.4 Å². The Hall–Kier alpha value is -1.32. The number of hydrogen-bond acceptors (Lipinski definition) is 2. The van der Waals surface area contributed by atoms with Gasteiger partial charge in [-0.25, -0.2) is 4.79 Å². The first-order valence-electron chi connectivity index (χ1n) is 4.48. The number of carbonyl (C=O) groups excluding carboxylic acids is 1. The van der Waals surface area contributed by atoms with Crippen molar-refractivity contribution in [1.29, 1.82) is 0 Å². The Kier molecular flexibility index (Phi) is 3.06. The van der Waals surface area contributed by atoms with Crippen LogP contribution in [0.25, 0.3) is 0 Å². The van der Waals surface area contributed by atoms with Crippen molar-refractivity contribution in [2.24, 2.45) is 0 Å². The van der Waals surface area contributed by atoms with Crippen molar-refractivity contribution in [1.82, 2.24) is 15.1 Å². The third kappa shape index (κ3) is 2.31. The van der Waals surface area contributed by atoms with Gasteiger partial charge in [-0.15, -0.1) is 0 Å². The summed E-state index contributed by atoms with van der Waals surface area (Å²) in [5.74, 6) is 0.406. The van der Waals surface area contributed by atoms with Crippen LogP contribution < -0.4 is 5.32 Å². The second-order valence-electron chi connectivity index (χ2n) is 3.21. The van der Waals surface area contributed by atoms with E-state index >= 15 is 0 Å². The molecule has 0 spiro atoms. The van der Waals surface area contributed by atoms with Gasteiger partial charge in [0.2, 0.25) is 0 Å². The van der Waals surface area contributed by atoms with Crippen LogP contribution in [0, 0.1) is 0 Å². The minimum atomic E-state index is -0.172. The summed E-state index contributed by atoms with van der Waals surface area (Å²) in [6.45, 7) is 6.64. The Bertz CT molecular complexity index is 291. The number of carbonyl (C=O) groups is 1. The quantitative estimate of drug-likeness (QED) is 0.753. The van der Waals surface area contributed by atoms with Gasteiger partial charge in [-0.05, 0) is 18.4 Å². The van der Waals surface area contributed by atoms with Crippen molar-refractivity contribution < 1.29 is 4.79 Å². The summed E-state index contributed by atoms with van der Waals surface area (Å²) in [5.41, 5.74) is 1.08. The SMILES string of the molecule is CCNC(=O)n1cc(C(C)C)cn1. The predicted octanol–water partition coefficient (Wildman–Crippen LogP) is 1.58. The van der Waals surface area contributed by atoms with Crippen LogP contribution in [-0.2, 0) is 0 Å². The molecule has 1 aromatic rings. The van der Waals surface area contributed by atoms with Crippen molar-refractivity contribution in [3.05, 3.63) is 18.0 Å². The molecule has 0 unspecified atom stereocenters. The van der Waals surface area contributed by atoms with Crippen LogP contribution in [0.5, 0.6) is 0 Å². The monoisotopic (exact) mass is 181 g/mol. The maximum Gasteiger partial charge on any atom is 0.342 e. The molecular weight excluding hydrogens is 166 g/mol. The van der Waals surface area contributed by atoms with Gasteiger partial charge < -0.3 is 5.32 Å². The molecule has 13 heavy (non-hydrogen) atoms. The number of nitrogens with one attached hydrogen (secondary N) is 1. The van der Waals surface area contributed by atoms with E-state index in [0.717, 1.165) is 5.56 Å². The fourth-order valence-electron chi connectivity index (χ4n) is 0.978. The highest BCUT2D eigenvalue weighted by molar-refractivity contribution is 5.75. The minimum absolute atomic E-state index is 0.172. The second-order valence-corrected chi connectivity index (χ2v) is 3.21. The van der Waals surface area contributed by atoms with Crippen LogP contribution in [0.4, 0.5) is 4.79 Å². The van der Waals surface area contributed by atoms with E-state index < -0.39 is 0 Å². The zero-order valence-electron chi connectivity index (χ0n) is 8.24. The van der Waals surface area contributed by atoms with Gasteiger partial charge in [0.15, 0.2) is 0 Å². The number of nitrogens with zero attached hydrogens (tertiary/aromatic N) is 2. The molecule has 0 aliphatic heterocycles. The van der Waals surface area contributed by atoms with Crippen molar-refractivity contribution in [3.8, 4) is 0 Å². The van der Waals surface area contributed by atoms with Gasteiger partial charge in [0.05, 0.1) is 6.20 Å². The molecule has 0 atom stereocenters. The number of amides is 1. The predicted molar refractivity (Wildman–Crippen MR) is 50.8 cm³/mol. The Morgan fingerprint density at radius 3 is 2.85 bits per heavy atom. The highest BCUT2D eigenvalue weighted by Gasteiger charge is 2.07. The van der Waals surface area contributed by atoms with Gasteiger partial charge >= 0.3 is 6.03 Å². The summed E-state index contributed by atoms with van der Waals surface area (Å²) in [7, 11) is 0. The average molecular weight is 181 g/mol. The summed E-state index contributed by atoms with van der Waals surface area (Å²) >= 11 is 0. The van der Waals surface area contributed by atoms with Crippen LogP contribution in [0.1, 0.15) is 32.3 Å². The van der Waals surface area contributed by atoms with Crippen LogP contribution >= 0.6 is 0 Å². The Morgan fingerprint density at radius 2 is 2.38 bits per heavy atom. The molecule has 1 N–H and O–H groups in total. The van der Waals surface area contributed by atoms with E-state index in [0.29, 0.717) is 12.5 Å². The van der Waals surface area contributed by atoms with E-state index in [1.807, 2.05) is 6.92 Å². The number of hydrogen-bond donors (Lipinski definition) is 1. The van der Waals surface area contributed by atoms with Gasteiger partial charge in [-0.1, -0.05) is 13.8 Å². The first-order chi connectivity index (χ1) is 6.15. The van der Waals surface area contributed by atoms with Gasteiger partial charge in [-0.2, -0.15) is 9.78 Å². The average Bonchev–Trinajstić information content (AvgIpc) is 2.52. The van der Waals surface area contributed by atoms with E-state index in [4.69, 9.17) is 0 Å². The summed E-state index contributed by atoms with van der Waals surface area (Å²) in [6, 6.07) is -0.172. The molecule has 1 heterocycles. The molecule has 1 aromatic heterocycles. The molecule has 4 nitrogen and oxygen atoms in total. The van der Waals surface area contributed by atoms with Crippen molar-refractivity contribution in [3.63, 3.8) is 0 Å². The Morgan fingerprint density at radius 1 is 1.69 bits per heavy atom. The third-order valence-corrected chi connectivity index (χ3v) is 1.81. The lowest BCUT2D eigenvalue weighted by molar-refractivity contribution is 0.240. The molecule has 0 aromatic carbocycles. The molecule has 0 bridgehead atoms. The Labute approximate surface area is 77.9 Å². The molecule has 0 aliphatic rings. The van der Waals surface area contributed by atoms with E-state index in [1.165, 1.54) is 4.68 Å². The number of aromatic nitrogens is 2. The summed E-state index contributed by atoms with van der Waals surface area (Å²) in [5, 5.41) is 6.64. The Balaban J connectivity index is 2.73. The van der Waals surface area contributed by atoms with Crippen molar-refractivity contribution >= 4 is 6.03 Å². The van der Waals surface area contributed by atoms with E-state index in [9.17, 15) is 4.79 Å². The highest BCUT2D eigenvalue weighted by Crippen LogP contribution is 2.11. The molecule has 4 heteroatoms. The van der Waals surface area contributed by atoms with Gasteiger partial charge in [-0.3, -0.25) is 0 Å². The first kappa shape index (κ1) is 9.77. The molecule has 0 saturated heterocycles. The number of rotatable bonds is 2. The minimum Gasteiger partial charge on any atom is -0.336 e. The van der Waals surface area contributed by atoms with Gasteiger partial charge in [0.1, 0.15) is 0 Å². The fraction of sp³-hybridized carbons (Fsp3) is 0.556. The van der Waals surface area contributed by atoms with E-state index in [-0.39, 0.29) is 6.03 Å². The smallest absolute Gasteiger partial charge is 0.336 e. The molecule has 0 fully saturated rings. The second kappa shape index (κ2) is 4.07. The standard InChI is InChI=1S/C9H15N3O/c1-4-10-9(13)12-6-8(5-11-12)7(2)3/h5-7H,4H2,1-3H3,(H,10,13). The molecule has 1 rings (SSSR count). The topological polar surface area (TPSA) is 46.9 Å². The largest absolute Gasteiger partial charge is 0.342 e. The first-order valence-corrected chi connectivity index (χ1v) is 4.48. The summed E-state index contributed by atoms with van der Waals surface area (Å²) in [6.07, 6.45) is 3.48. The summed E-state index contributed by atoms with van der Waals surface area (Å²) in [4.78, 5) is 11.3. The van der Waals surface area contributed by atoms with Crippen LogP contribution in [0.2, 0.25) is 0 Å². The third-order valence-electron chi connectivity index (χ3n) is 1.81. The fourth-order valence-corrected chi connectivity index (χ4v) is 0.978. The van der Waals surface area contributed by atoms with E-state index in [2.05, 4.69) is 24.3 Å². The zero-order chi connectivity index (χ0) is 9.84. The summed E-state index contributed by atoms with van der Waals surface area (Å²) < 4.78 is 1.33. The maximum absolute atomic E-state index is 11.3. The van der Waals surface area contributed by atoms with E-state index in [1.54, 1.807) is 12.4 Å². The van der Waals surface area contributed by atoms with Gasteiger partial charge in [0, 0.05) is 12.7 Å². The van der Waals surface area contributed by atoms with Crippen LogP contribution in [0.15, 0.2) is 12.4 Å². The molecule has 0 aliphatic carbocycles. The molecular formula is C9H15N3O. The van der Waals surface area contributed by atoms with Crippen molar-refractivity contribution in [2.45, 2.75) is 26.7 Å². The highest BCUT2D eigenvalue weighted by atomic mass is 16.2. The lowest BCUT2D eigenvalue weighted by Gasteiger charge is -2.00. The molecule has 72 valence electrons. The molecule has 0 radical (unpaired) electrons. The van der Waals surface area contributed by atoms with Crippen molar-refractivity contribution in [2.75, 3.05) is 6.54 Å². The molecule has 0 saturated carbocycles. The van der Waals surface area contributed by atoms with Gasteiger partial charge in [0.25, 0.3) is 0 Å².